The fourth-order valence-electron chi connectivity index (χ4n) is 2.82. The third-order valence-corrected chi connectivity index (χ3v) is 3.90. The smallest absolute Gasteiger partial charge is 0.329 e. The van der Waals surface area contributed by atoms with Gasteiger partial charge in [0.15, 0.2) is 0 Å². The topological polar surface area (TPSA) is 52.6 Å². The number of nitrogens with zero attached hydrogens (tertiary/aromatic N) is 1. The minimum atomic E-state index is -0.825. The molecule has 1 aliphatic rings. The van der Waals surface area contributed by atoms with E-state index in [2.05, 4.69) is 24.1 Å². The lowest BCUT2D eigenvalue weighted by atomic mass is 9.86. The number of carbonyl (C=O) groups is 1. The first-order chi connectivity index (χ1) is 9.52. The van der Waals surface area contributed by atoms with Gasteiger partial charge in [-0.3, -0.25) is 0 Å². The summed E-state index contributed by atoms with van der Waals surface area (Å²) >= 11 is 0. The Bertz CT molecular complexity index is 437. The molecule has 1 aromatic rings. The highest BCUT2D eigenvalue weighted by molar-refractivity contribution is 5.83. The zero-order valence-electron chi connectivity index (χ0n) is 12.3. The van der Waals surface area contributed by atoms with E-state index in [9.17, 15) is 9.90 Å². The Labute approximate surface area is 120 Å². The third kappa shape index (κ3) is 3.51. The van der Waals surface area contributed by atoms with Gasteiger partial charge < -0.3 is 15.3 Å². The van der Waals surface area contributed by atoms with Crippen molar-refractivity contribution in [2.24, 2.45) is 5.92 Å². The number of anilines is 1. The molecule has 0 amide bonds. The second-order valence-corrected chi connectivity index (χ2v) is 6.07. The summed E-state index contributed by atoms with van der Waals surface area (Å²) in [4.78, 5) is 14.1. The monoisotopic (exact) mass is 276 g/mol. The summed E-state index contributed by atoms with van der Waals surface area (Å²) in [5.74, 6) is -0.125. The Balaban J connectivity index is 2.04. The molecule has 0 aromatic heterocycles. The molecule has 2 rings (SSSR count). The number of benzene rings is 1. The molecule has 0 saturated carbocycles. The molecule has 1 aliphatic heterocycles. The average molecular weight is 276 g/mol. The van der Waals surface area contributed by atoms with Gasteiger partial charge in [-0.2, -0.15) is 0 Å². The van der Waals surface area contributed by atoms with E-state index < -0.39 is 11.5 Å². The summed E-state index contributed by atoms with van der Waals surface area (Å²) in [6.45, 7) is 7.11. The van der Waals surface area contributed by atoms with Gasteiger partial charge in [-0.05, 0) is 30.9 Å². The highest BCUT2D eigenvalue weighted by Crippen LogP contribution is 2.27. The van der Waals surface area contributed by atoms with Crippen molar-refractivity contribution in [3.8, 4) is 0 Å². The van der Waals surface area contributed by atoms with Crippen LogP contribution in [-0.2, 0) is 4.79 Å². The van der Waals surface area contributed by atoms with Crippen LogP contribution >= 0.6 is 0 Å². The summed E-state index contributed by atoms with van der Waals surface area (Å²) < 4.78 is 0. The number of likely N-dealkylation sites (tertiary alicyclic amines) is 1. The molecule has 1 fully saturated rings. The van der Waals surface area contributed by atoms with E-state index in [1.54, 1.807) is 0 Å². The van der Waals surface area contributed by atoms with Crippen LogP contribution in [0.1, 0.15) is 26.7 Å². The number of piperidine rings is 1. The summed E-state index contributed by atoms with van der Waals surface area (Å²) in [6, 6.07) is 9.62. The van der Waals surface area contributed by atoms with E-state index in [0.29, 0.717) is 18.8 Å². The number of carboxylic acids is 1. The second-order valence-electron chi connectivity index (χ2n) is 6.07. The summed E-state index contributed by atoms with van der Waals surface area (Å²) in [7, 11) is 0. The average Bonchev–Trinajstić information content (AvgIpc) is 2.41. The van der Waals surface area contributed by atoms with Crippen molar-refractivity contribution in [3.05, 3.63) is 30.3 Å². The van der Waals surface area contributed by atoms with Gasteiger partial charge in [-0.25, -0.2) is 4.79 Å². The van der Waals surface area contributed by atoms with Crippen molar-refractivity contribution >= 4 is 11.7 Å². The van der Waals surface area contributed by atoms with Gasteiger partial charge in [0.1, 0.15) is 5.54 Å². The molecule has 1 heterocycles. The molecular weight excluding hydrogens is 252 g/mol. The molecule has 20 heavy (non-hydrogen) atoms. The van der Waals surface area contributed by atoms with Crippen molar-refractivity contribution in [3.63, 3.8) is 0 Å². The first-order valence-electron chi connectivity index (χ1n) is 7.31. The predicted octanol–water partition coefficient (Wildman–Crippen LogP) is 2.67. The van der Waals surface area contributed by atoms with Crippen LogP contribution in [0, 0.1) is 5.92 Å². The van der Waals surface area contributed by atoms with Crippen LogP contribution in [-0.4, -0.2) is 41.1 Å². The molecule has 0 spiro atoms. The van der Waals surface area contributed by atoms with Crippen LogP contribution in [0.15, 0.2) is 30.3 Å². The molecule has 1 saturated heterocycles. The van der Waals surface area contributed by atoms with Crippen molar-refractivity contribution in [2.45, 2.75) is 32.2 Å². The molecule has 0 atom stereocenters. The zero-order valence-corrected chi connectivity index (χ0v) is 12.3. The number of rotatable bonds is 5. The van der Waals surface area contributed by atoms with Crippen molar-refractivity contribution in [1.29, 1.82) is 0 Å². The molecule has 0 aliphatic carbocycles. The highest BCUT2D eigenvalue weighted by Gasteiger charge is 2.41. The second kappa shape index (κ2) is 6.27. The van der Waals surface area contributed by atoms with E-state index in [0.717, 1.165) is 25.3 Å². The summed E-state index contributed by atoms with van der Waals surface area (Å²) in [6.07, 6.45) is 1.29. The zero-order chi connectivity index (χ0) is 14.6. The van der Waals surface area contributed by atoms with Gasteiger partial charge in [-0.15, -0.1) is 0 Å². The number of nitrogens with one attached hydrogen (secondary N) is 1. The first-order valence-corrected chi connectivity index (χ1v) is 7.31. The third-order valence-electron chi connectivity index (χ3n) is 3.90. The van der Waals surface area contributed by atoms with Crippen LogP contribution in [0.4, 0.5) is 5.69 Å². The molecule has 0 radical (unpaired) electrons. The van der Waals surface area contributed by atoms with E-state index in [1.807, 2.05) is 30.3 Å². The molecule has 110 valence electrons. The molecule has 1 aromatic carbocycles. The Morgan fingerprint density at radius 1 is 1.30 bits per heavy atom. The van der Waals surface area contributed by atoms with E-state index in [1.165, 1.54) is 0 Å². The normalized spacial score (nSPS) is 18.9. The lowest BCUT2D eigenvalue weighted by Gasteiger charge is -2.40. The molecule has 4 nitrogen and oxygen atoms in total. The SMILES string of the molecule is CC(C)CN1CCC(Nc2ccccc2)(C(=O)O)CC1. The minimum Gasteiger partial charge on any atom is -0.480 e. The maximum absolute atomic E-state index is 11.7. The summed E-state index contributed by atoms with van der Waals surface area (Å²) in [5, 5.41) is 12.9. The molecule has 4 heteroatoms. The highest BCUT2D eigenvalue weighted by atomic mass is 16.4. The Kier molecular flexibility index (Phi) is 4.65. The van der Waals surface area contributed by atoms with Crippen LogP contribution in [0.3, 0.4) is 0 Å². The quantitative estimate of drug-likeness (QED) is 0.868. The molecule has 0 bridgehead atoms. The van der Waals surface area contributed by atoms with E-state index >= 15 is 0 Å². The Hall–Kier alpha value is -1.55. The van der Waals surface area contributed by atoms with Gasteiger partial charge in [0.25, 0.3) is 0 Å². The maximum Gasteiger partial charge on any atom is 0.329 e. The number of hydrogen-bond acceptors (Lipinski definition) is 3. The summed E-state index contributed by atoms with van der Waals surface area (Å²) in [5.41, 5.74) is 0.0571. The lowest BCUT2D eigenvalue weighted by molar-refractivity contribution is -0.144. The van der Waals surface area contributed by atoms with Gasteiger partial charge in [-0.1, -0.05) is 32.0 Å². The molecule has 2 N–H and O–H groups in total. The standard InChI is InChI=1S/C16H24N2O2/c1-13(2)12-18-10-8-16(9-11-18,15(19)20)17-14-6-4-3-5-7-14/h3-7,13,17H,8-12H2,1-2H3,(H,19,20). The lowest BCUT2D eigenvalue weighted by Crippen LogP contribution is -2.54. The number of carboxylic acid groups (broad SMARTS) is 1. The van der Waals surface area contributed by atoms with Gasteiger partial charge in [0.05, 0.1) is 0 Å². The Morgan fingerprint density at radius 3 is 2.40 bits per heavy atom. The number of hydrogen-bond donors (Lipinski definition) is 2. The largest absolute Gasteiger partial charge is 0.480 e. The Morgan fingerprint density at radius 2 is 1.90 bits per heavy atom. The van der Waals surface area contributed by atoms with Crippen LogP contribution in [0.25, 0.3) is 0 Å². The van der Waals surface area contributed by atoms with Gasteiger partial charge in [0.2, 0.25) is 0 Å². The fourth-order valence-corrected chi connectivity index (χ4v) is 2.82. The number of para-hydroxylation sites is 1. The van der Waals surface area contributed by atoms with Crippen molar-refractivity contribution in [2.75, 3.05) is 25.0 Å². The van der Waals surface area contributed by atoms with Crippen molar-refractivity contribution in [1.82, 2.24) is 4.90 Å². The molecule has 0 unspecified atom stereocenters. The fraction of sp³-hybridized carbons (Fsp3) is 0.562. The van der Waals surface area contributed by atoms with E-state index in [-0.39, 0.29) is 0 Å². The van der Waals surface area contributed by atoms with Crippen LogP contribution in [0.5, 0.6) is 0 Å². The number of aliphatic carboxylic acids is 1. The van der Waals surface area contributed by atoms with Crippen LogP contribution < -0.4 is 5.32 Å². The van der Waals surface area contributed by atoms with Crippen LogP contribution in [0.2, 0.25) is 0 Å². The van der Waals surface area contributed by atoms with Gasteiger partial charge in [0, 0.05) is 25.3 Å². The maximum atomic E-state index is 11.7. The van der Waals surface area contributed by atoms with E-state index in [4.69, 9.17) is 0 Å². The van der Waals surface area contributed by atoms with Gasteiger partial charge >= 0.3 is 5.97 Å². The molecular formula is C16H24N2O2. The minimum absolute atomic E-state index is 0.620. The first kappa shape index (κ1) is 14.9. The predicted molar refractivity (Wildman–Crippen MR) is 80.9 cm³/mol. The van der Waals surface area contributed by atoms with Crippen molar-refractivity contribution < 1.29 is 9.90 Å².